The third kappa shape index (κ3) is 3.69. The van der Waals surface area contributed by atoms with Crippen molar-refractivity contribution in [1.29, 1.82) is 0 Å². The van der Waals surface area contributed by atoms with Gasteiger partial charge in [-0.25, -0.2) is 9.37 Å². The van der Waals surface area contributed by atoms with E-state index in [2.05, 4.69) is 10.3 Å². The average Bonchev–Trinajstić information content (AvgIpc) is 3.23. The summed E-state index contributed by atoms with van der Waals surface area (Å²) in [5.74, 6) is -1.57. The van der Waals surface area contributed by atoms with Crippen molar-refractivity contribution in [2.24, 2.45) is 0 Å². The first-order chi connectivity index (χ1) is 14.5. The lowest BCUT2D eigenvalue weighted by Crippen LogP contribution is -2.32. The van der Waals surface area contributed by atoms with Gasteiger partial charge in [-0.3, -0.25) is 14.2 Å². The van der Waals surface area contributed by atoms with Crippen molar-refractivity contribution in [1.82, 2.24) is 14.9 Å². The number of benzene rings is 2. The lowest BCUT2D eigenvalue weighted by Gasteiger charge is -2.13. The van der Waals surface area contributed by atoms with Crippen molar-refractivity contribution in [3.05, 3.63) is 81.3 Å². The standard InChI is InChI=1S/C21H16FN3O3S2/c1-29-15-4-2-3-14(9-15)25-20(28)16(18(26)17-21(25)30-11-24-17)19(27)23-10-12-5-7-13(22)8-6-12/h2-9,11,26H,10H2,1H3,(H,23,27). The summed E-state index contributed by atoms with van der Waals surface area (Å²) < 4.78 is 14.4. The zero-order chi connectivity index (χ0) is 21.3. The number of halogens is 1. The van der Waals surface area contributed by atoms with Crippen LogP contribution in [0.15, 0.2) is 63.7 Å². The normalized spacial score (nSPS) is 11.0. The van der Waals surface area contributed by atoms with Crippen LogP contribution in [0.2, 0.25) is 0 Å². The molecular weight excluding hydrogens is 425 g/mol. The number of nitrogens with one attached hydrogen (secondary N) is 1. The highest BCUT2D eigenvalue weighted by Crippen LogP contribution is 2.30. The number of carbonyl (C=O) groups excluding carboxylic acids is 1. The van der Waals surface area contributed by atoms with Crippen LogP contribution in [0.3, 0.4) is 0 Å². The maximum atomic E-state index is 13.3. The fourth-order valence-electron chi connectivity index (χ4n) is 3.05. The Kier molecular flexibility index (Phi) is 5.56. The van der Waals surface area contributed by atoms with Crippen LogP contribution in [0.5, 0.6) is 5.75 Å². The quantitative estimate of drug-likeness (QED) is 0.458. The molecule has 4 rings (SSSR count). The average molecular weight is 442 g/mol. The van der Waals surface area contributed by atoms with E-state index >= 15 is 0 Å². The summed E-state index contributed by atoms with van der Waals surface area (Å²) in [5.41, 5.74) is 1.91. The zero-order valence-electron chi connectivity index (χ0n) is 15.8. The summed E-state index contributed by atoms with van der Waals surface area (Å²) in [6.07, 6.45) is 1.93. The maximum absolute atomic E-state index is 13.3. The van der Waals surface area contributed by atoms with Gasteiger partial charge in [0.25, 0.3) is 11.5 Å². The van der Waals surface area contributed by atoms with E-state index in [1.54, 1.807) is 6.07 Å². The van der Waals surface area contributed by atoms with Crippen LogP contribution in [-0.4, -0.2) is 26.8 Å². The molecule has 0 bridgehead atoms. The number of hydrogen-bond acceptors (Lipinski definition) is 6. The molecule has 4 aromatic rings. The highest BCUT2D eigenvalue weighted by Gasteiger charge is 2.24. The fraction of sp³-hybridized carbons (Fsp3) is 0.0952. The Balaban J connectivity index is 1.79. The Hall–Kier alpha value is -3.17. The minimum atomic E-state index is -0.730. The lowest BCUT2D eigenvalue weighted by atomic mass is 10.2. The van der Waals surface area contributed by atoms with E-state index in [0.29, 0.717) is 16.1 Å². The molecule has 2 aromatic carbocycles. The van der Waals surface area contributed by atoms with E-state index in [1.807, 2.05) is 24.5 Å². The third-order valence-electron chi connectivity index (χ3n) is 4.53. The first-order valence-electron chi connectivity index (χ1n) is 8.88. The van der Waals surface area contributed by atoms with Crippen molar-refractivity contribution in [2.75, 3.05) is 6.26 Å². The molecule has 2 aromatic heterocycles. The molecular formula is C21H16FN3O3S2. The molecule has 0 fully saturated rings. The minimum absolute atomic E-state index is 0.0784. The van der Waals surface area contributed by atoms with E-state index < -0.39 is 17.2 Å². The topological polar surface area (TPSA) is 84.2 Å². The summed E-state index contributed by atoms with van der Waals surface area (Å²) >= 11 is 2.73. The van der Waals surface area contributed by atoms with Crippen LogP contribution in [0, 0.1) is 5.82 Å². The molecule has 30 heavy (non-hydrogen) atoms. The van der Waals surface area contributed by atoms with Crippen LogP contribution >= 0.6 is 23.1 Å². The number of fused-ring (bicyclic) bond motifs is 1. The SMILES string of the molecule is CSc1cccc(-n2c(=O)c(C(=O)NCc3ccc(F)cc3)c(O)c3ncsc32)c1. The number of rotatable bonds is 5. The third-order valence-corrected chi connectivity index (χ3v) is 6.07. The van der Waals surface area contributed by atoms with E-state index in [1.165, 1.54) is 57.4 Å². The van der Waals surface area contributed by atoms with Crippen molar-refractivity contribution in [3.63, 3.8) is 0 Å². The van der Waals surface area contributed by atoms with Gasteiger partial charge in [0.2, 0.25) is 0 Å². The molecule has 152 valence electrons. The van der Waals surface area contributed by atoms with Gasteiger partial charge in [0, 0.05) is 11.4 Å². The smallest absolute Gasteiger partial charge is 0.273 e. The monoisotopic (exact) mass is 441 g/mol. The van der Waals surface area contributed by atoms with Crippen molar-refractivity contribution < 1.29 is 14.3 Å². The van der Waals surface area contributed by atoms with Gasteiger partial charge in [-0.15, -0.1) is 23.1 Å². The van der Waals surface area contributed by atoms with Crippen LogP contribution < -0.4 is 10.9 Å². The number of thioether (sulfide) groups is 1. The van der Waals surface area contributed by atoms with E-state index in [4.69, 9.17) is 0 Å². The number of amides is 1. The van der Waals surface area contributed by atoms with Gasteiger partial charge in [0.15, 0.2) is 5.75 Å². The highest BCUT2D eigenvalue weighted by molar-refractivity contribution is 7.98. The van der Waals surface area contributed by atoms with Gasteiger partial charge in [0.05, 0.1) is 11.2 Å². The van der Waals surface area contributed by atoms with E-state index in [0.717, 1.165) is 4.90 Å². The van der Waals surface area contributed by atoms with Crippen LogP contribution in [0.25, 0.3) is 16.0 Å². The fourth-order valence-corrected chi connectivity index (χ4v) is 4.31. The molecule has 9 heteroatoms. The number of thiazole rings is 1. The zero-order valence-corrected chi connectivity index (χ0v) is 17.4. The molecule has 1 amide bonds. The summed E-state index contributed by atoms with van der Waals surface area (Å²) in [5, 5.41) is 13.2. The summed E-state index contributed by atoms with van der Waals surface area (Å²) in [7, 11) is 0. The molecule has 2 N–H and O–H groups in total. The van der Waals surface area contributed by atoms with Crippen LogP contribution in [0.1, 0.15) is 15.9 Å². The van der Waals surface area contributed by atoms with E-state index in [9.17, 15) is 19.1 Å². The Bertz CT molecular complexity index is 1300. The summed E-state index contributed by atoms with van der Waals surface area (Å²) in [6.45, 7) is 0.0784. The second-order valence-electron chi connectivity index (χ2n) is 6.38. The molecule has 0 aliphatic rings. The molecule has 0 aliphatic carbocycles. The second-order valence-corrected chi connectivity index (χ2v) is 8.09. The number of aromatic hydroxyl groups is 1. The van der Waals surface area contributed by atoms with Crippen LogP contribution in [-0.2, 0) is 6.54 Å². The number of pyridine rings is 1. The number of aromatic nitrogens is 2. The molecule has 0 radical (unpaired) electrons. The first kappa shape index (κ1) is 20.1. The van der Waals surface area contributed by atoms with Gasteiger partial charge in [-0.1, -0.05) is 18.2 Å². The van der Waals surface area contributed by atoms with Gasteiger partial charge in [-0.05, 0) is 42.2 Å². The highest BCUT2D eigenvalue weighted by atomic mass is 32.2. The largest absolute Gasteiger partial charge is 0.505 e. The second kappa shape index (κ2) is 8.29. The van der Waals surface area contributed by atoms with Crippen molar-refractivity contribution in [2.45, 2.75) is 11.4 Å². The number of carbonyl (C=O) groups is 1. The van der Waals surface area contributed by atoms with Gasteiger partial charge < -0.3 is 10.4 Å². The molecule has 2 heterocycles. The molecule has 0 unspecified atom stereocenters. The predicted molar refractivity (Wildman–Crippen MR) is 116 cm³/mol. The van der Waals surface area contributed by atoms with Gasteiger partial charge >= 0.3 is 0 Å². The number of nitrogens with zero attached hydrogens (tertiary/aromatic N) is 2. The van der Waals surface area contributed by atoms with Crippen molar-refractivity contribution in [3.8, 4) is 11.4 Å². The number of hydrogen-bond donors (Lipinski definition) is 2. The first-order valence-corrected chi connectivity index (χ1v) is 11.0. The molecule has 0 spiro atoms. The molecule has 6 nitrogen and oxygen atoms in total. The Morgan fingerprint density at radius 2 is 2.03 bits per heavy atom. The Morgan fingerprint density at radius 3 is 2.77 bits per heavy atom. The lowest BCUT2D eigenvalue weighted by molar-refractivity contribution is 0.0946. The molecule has 0 aliphatic heterocycles. The molecule has 0 atom stereocenters. The summed E-state index contributed by atoms with van der Waals surface area (Å²) in [4.78, 5) is 31.6. The van der Waals surface area contributed by atoms with E-state index in [-0.39, 0.29) is 23.4 Å². The molecule has 0 saturated heterocycles. The van der Waals surface area contributed by atoms with Crippen molar-refractivity contribution >= 4 is 39.4 Å². The predicted octanol–water partition coefficient (Wildman–Crippen LogP) is 3.94. The Morgan fingerprint density at radius 1 is 1.27 bits per heavy atom. The van der Waals surface area contributed by atoms with Crippen LogP contribution in [0.4, 0.5) is 4.39 Å². The van der Waals surface area contributed by atoms with Gasteiger partial charge in [0.1, 0.15) is 21.7 Å². The Labute approximate surface area is 179 Å². The van der Waals surface area contributed by atoms with Gasteiger partial charge in [-0.2, -0.15) is 0 Å². The molecule has 0 saturated carbocycles. The maximum Gasteiger partial charge on any atom is 0.273 e. The summed E-state index contributed by atoms with van der Waals surface area (Å²) in [6, 6.07) is 13.0. The minimum Gasteiger partial charge on any atom is -0.505 e.